The van der Waals surface area contributed by atoms with Crippen molar-refractivity contribution >= 4 is 35.1 Å². The first-order chi connectivity index (χ1) is 13.0. The van der Waals surface area contributed by atoms with Gasteiger partial charge in [-0.05, 0) is 36.4 Å². The van der Waals surface area contributed by atoms with Crippen molar-refractivity contribution in [2.75, 3.05) is 30.5 Å². The van der Waals surface area contributed by atoms with Crippen molar-refractivity contribution in [3.05, 3.63) is 59.9 Å². The van der Waals surface area contributed by atoms with Crippen LogP contribution in [-0.4, -0.2) is 42.9 Å². The molecule has 0 aliphatic heterocycles. The number of halogens is 1. The molecule has 6 nitrogen and oxygen atoms in total. The Morgan fingerprint density at radius 3 is 2.41 bits per heavy atom. The van der Waals surface area contributed by atoms with Crippen LogP contribution < -0.4 is 10.1 Å². The number of esters is 1. The van der Waals surface area contributed by atoms with Crippen LogP contribution in [0.1, 0.15) is 10.4 Å². The molecule has 0 spiro atoms. The first-order valence-electron chi connectivity index (χ1n) is 7.94. The standard InChI is InChI=1S/C19H18FNO5S/c1-25-14-8-6-13(7-9-14)17(22)10-26-19(24)12-27-11-18(23)21-16-5-3-2-4-15(16)20/h2-9H,10-12H2,1H3,(H,21,23). The zero-order valence-corrected chi connectivity index (χ0v) is 15.4. The highest BCUT2D eigenvalue weighted by atomic mass is 32.2. The van der Waals surface area contributed by atoms with Crippen molar-refractivity contribution in [2.24, 2.45) is 0 Å². The number of hydrogen-bond donors (Lipinski definition) is 1. The molecule has 1 amide bonds. The second-order valence-electron chi connectivity index (χ2n) is 5.33. The van der Waals surface area contributed by atoms with Gasteiger partial charge in [-0.2, -0.15) is 0 Å². The number of carbonyl (C=O) groups is 3. The highest BCUT2D eigenvalue weighted by molar-refractivity contribution is 8.00. The molecule has 142 valence electrons. The minimum absolute atomic E-state index is 0.0458. The number of amides is 1. The SMILES string of the molecule is COc1ccc(C(=O)COC(=O)CSCC(=O)Nc2ccccc2F)cc1. The van der Waals surface area contributed by atoms with E-state index >= 15 is 0 Å². The number of anilines is 1. The van der Waals surface area contributed by atoms with Crippen LogP contribution in [0.5, 0.6) is 5.75 Å². The van der Waals surface area contributed by atoms with Crippen molar-refractivity contribution in [3.63, 3.8) is 0 Å². The monoisotopic (exact) mass is 391 g/mol. The molecule has 0 aliphatic rings. The van der Waals surface area contributed by atoms with E-state index in [2.05, 4.69) is 5.32 Å². The smallest absolute Gasteiger partial charge is 0.316 e. The van der Waals surface area contributed by atoms with E-state index in [-0.39, 0.29) is 29.6 Å². The second kappa shape index (κ2) is 10.3. The summed E-state index contributed by atoms with van der Waals surface area (Å²) >= 11 is 1.01. The van der Waals surface area contributed by atoms with E-state index in [1.807, 2.05) is 0 Å². The van der Waals surface area contributed by atoms with Gasteiger partial charge in [0, 0.05) is 5.56 Å². The summed E-state index contributed by atoms with van der Waals surface area (Å²) in [6.07, 6.45) is 0. The van der Waals surface area contributed by atoms with E-state index in [9.17, 15) is 18.8 Å². The van der Waals surface area contributed by atoms with Crippen molar-refractivity contribution < 1.29 is 28.2 Å². The molecule has 1 N–H and O–H groups in total. The van der Waals surface area contributed by atoms with Crippen LogP contribution in [0.15, 0.2) is 48.5 Å². The van der Waals surface area contributed by atoms with Gasteiger partial charge in [-0.15, -0.1) is 11.8 Å². The molecule has 0 heterocycles. The third-order valence-corrected chi connectivity index (χ3v) is 4.28. The van der Waals surface area contributed by atoms with Crippen LogP contribution in [0.3, 0.4) is 0 Å². The number of thioether (sulfide) groups is 1. The Kier molecular flexibility index (Phi) is 7.81. The number of methoxy groups -OCH3 is 1. The molecule has 8 heteroatoms. The summed E-state index contributed by atoms with van der Waals surface area (Å²) in [5, 5.41) is 2.41. The molecular formula is C19H18FNO5S. The fourth-order valence-corrected chi connectivity index (χ4v) is 2.63. The van der Waals surface area contributed by atoms with E-state index in [1.165, 1.54) is 25.3 Å². The third kappa shape index (κ3) is 6.74. The maximum absolute atomic E-state index is 13.4. The highest BCUT2D eigenvalue weighted by Gasteiger charge is 2.12. The molecule has 0 bridgehead atoms. The van der Waals surface area contributed by atoms with Gasteiger partial charge in [0.1, 0.15) is 11.6 Å². The summed E-state index contributed by atoms with van der Waals surface area (Å²) in [4.78, 5) is 35.3. The molecule has 2 aromatic rings. The summed E-state index contributed by atoms with van der Waals surface area (Å²) in [7, 11) is 1.52. The van der Waals surface area contributed by atoms with Gasteiger partial charge in [0.25, 0.3) is 0 Å². The summed E-state index contributed by atoms with van der Waals surface area (Å²) in [5.41, 5.74) is 0.483. The minimum atomic E-state index is -0.611. The van der Waals surface area contributed by atoms with Gasteiger partial charge in [0.15, 0.2) is 12.4 Å². The van der Waals surface area contributed by atoms with E-state index in [0.29, 0.717) is 11.3 Å². The Labute approximate surface area is 160 Å². The van der Waals surface area contributed by atoms with Crippen molar-refractivity contribution in [3.8, 4) is 5.75 Å². The Bertz CT molecular complexity index is 810. The van der Waals surface area contributed by atoms with Crippen LogP contribution >= 0.6 is 11.8 Å². The number of rotatable bonds is 9. The molecule has 0 aromatic heterocycles. The van der Waals surface area contributed by atoms with Gasteiger partial charge < -0.3 is 14.8 Å². The molecule has 0 aliphatic carbocycles. The molecule has 0 radical (unpaired) electrons. The van der Waals surface area contributed by atoms with Crippen LogP contribution in [0.4, 0.5) is 10.1 Å². The van der Waals surface area contributed by atoms with Gasteiger partial charge in [-0.1, -0.05) is 12.1 Å². The lowest BCUT2D eigenvalue weighted by Gasteiger charge is -2.07. The summed E-state index contributed by atoms with van der Waals surface area (Å²) in [6.45, 7) is -0.382. The van der Waals surface area contributed by atoms with Crippen molar-refractivity contribution in [1.29, 1.82) is 0 Å². The van der Waals surface area contributed by atoms with Gasteiger partial charge in [-0.25, -0.2) is 4.39 Å². The predicted octanol–water partition coefficient (Wildman–Crippen LogP) is 2.93. The molecule has 2 rings (SSSR count). The zero-order chi connectivity index (χ0) is 19.6. The minimum Gasteiger partial charge on any atom is -0.497 e. The average molecular weight is 391 g/mol. The summed E-state index contributed by atoms with van der Waals surface area (Å²) in [6, 6.07) is 12.2. The Morgan fingerprint density at radius 2 is 1.74 bits per heavy atom. The van der Waals surface area contributed by atoms with E-state index < -0.39 is 17.7 Å². The molecule has 0 atom stereocenters. The largest absolute Gasteiger partial charge is 0.497 e. The quantitative estimate of drug-likeness (QED) is 0.523. The maximum Gasteiger partial charge on any atom is 0.316 e. The second-order valence-corrected chi connectivity index (χ2v) is 6.32. The van der Waals surface area contributed by atoms with Crippen LogP contribution in [0.2, 0.25) is 0 Å². The normalized spacial score (nSPS) is 10.1. The summed E-state index contributed by atoms with van der Waals surface area (Å²) < 4.78 is 23.3. The topological polar surface area (TPSA) is 81.7 Å². The molecule has 27 heavy (non-hydrogen) atoms. The fraction of sp³-hybridized carbons (Fsp3) is 0.211. The Hall–Kier alpha value is -2.87. The van der Waals surface area contributed by atoms with E-state index in [0.717, 1.165) is 11.8 Å². The maximum atomic E-state index is 13.4. The van der Waals surface area contributed by atoms with Gasteiger partial charge >= 0.3 is 5.97 Å². The molecule has 2 aromatic carbocycles. The van der Waals surface area contributed by atoms with Gasteiger partial charge in [-0.3, -0.25) is 14.4 Å². The Balaban J connectivity index is 1.67. The number of para-hydroxylation sites is 1. The highest BCUT2D eigenvalue weighted by Crippen LogP contribution is 2.14. The molecule has 0 unspecified atom stereocenters. The number of benzene rings is 2. The lowest BCUT2D eigenvalue weighted by atomic mass is 10.1. The summed E-state index contributed by atoms with van der Waals surface area (Å²) in [5.74, 6) is -1.45. The predicted molar refractivity (Wildman–Crippen MR) is 101 cm³/mol. The van der Waals surface area contributed by atoms with E-state index in [4.69, 9.17) is 9.47 Å². The number of ether oxygens (including phenoxy) is 2. The molecule has 0 fully saturated rings. The first-order valence-corrected chi connectivity index (χ1v) is 9.10. The molecule has 0 saturated carbocycles. The Morgan fingerprint density at radius 1 is 1.04 bits per heavy atom. The van der Waals surface area contributed by atoms with E-state index in [1.54, 1.807) is 30.3 Å². The zero-order valence-electron chi connectivity index (χ0n) is 14.6. The number of carbonyl (C=O) groups excluding carboxylic acids is 3. The van der Waals surface area contributed by atoms with Crippen LogP contribution in [0, 0.1) is 5.82 Å². The van der Waals surface area contributed by atoms with Crippen molar-refractivity contribution in [1.82, 2.24) is 0 Å². The van der Waals surface area contributed by atoms with Crippen molar-refractivity contribution in [2.45, 2.75) is 0 Å². The molecular weight excluding hydrogens is 373 g/mol. The molecule has 0 saturated heterocycles. The fourth-order valence-electron chi connectivity index (χ4n) is 2.02. The van der Waals surface area contributed by atoms with Gasteiger partial charge in [0.2, 0.25) is 5.91 Å². The first kappa shape index (κ1) is 20.4. The third-order valence-electron chi connectivity index (χ3n) is 3.38. The lowest BCUT2D eigenvalue weighted by Crippen LogP contribution is -2.18. The lowest BCUT2D eigenvalue weighted by molar-refractivity contribution is -0.139. The van der Waals surface area contributed by atoms with Crippen LogP contribution in [0.25, 0.3) is 0 Å². The number of ketones is 1. The number of hydrogen-bond acceptors (Lipinski definition) is 6. The average Bonchev–Trinajstić information content (AvgIpc) is 2.68. The van der Waals surface area contributed by atoms with Gasteiger partial charge in [0.05, 0.1) is 24.3 Å². The number of nitrogens with one attached hydrogen (secondary N) is 1. The van der Waals surface area contributed by atoms with Crippen LogP contribution in [-0.2, 0) is 14.3 Å². The number of Topliss-reactive ketones (excluding diaryl/α,β-unsaturated/α-hetero) is 1.